The maximum absolute atomic E-state index is 12.0. The van der Waals surface area contributed by atoms with Crippen LogP contribution in [0.4, 0.5) is 5.69 Å². The van der Waals surface area contributed by atoms with Crippen LogP contribution in [-0.4, -0.2) is 31.1 Å². The molecule has 5 heteroatoms. The largest absolute Gasteiger partial charge is 0.497 e. The predicted octanol–water partition coefficient (Wildman–Crippen LogP) is 4.49. The van der Waals surface area contributed by atoms with Gasteiger partial charge >= 0.3 is 5.63 Å². The van der Waals surface area contributed by atoms with Crippen molar-refractivity contribution in [1.29, 1.82) is 0 Å². The maximum atomic E-state index is 12.0. The number of nitrogens with zero attached hydrogens (tertiary/aromatic N) is 1. The van der Waals surface area contributed by atoms with Crippen molar-refractivity contribution in [3.8, 4) is 5.75 Å². The van der Waals surface area contributed by atoms with Crippen LogP contribution in [-0.2, 0) is 6.54 Å². The van der Waals surface area contributed by atoms with Crippen LogP contribution < -0.4 is 15.7 Å². The van der Waals surface area contributed by atoms with Crippen molar-refractivity contribution in [1.82, 2.24) is 4.90 Å². The molecule has 1 aliphatic rings. The van der Waals surface area contributed by atoms with E-state index < -0.39 is 0 Å². The Bertz CT molecular complexity index is 1070. The standard InChI is InChI=1S/C24H28N2O3/c1-16-4-5-18(12-17(16)2)15-26-10-8-19(9-11-26)25-22-14-24(27)29-23-7-6-20(28-3)13-21(22)23/h4-7,12-14,19,25H,8-11,15H2,1-3H3. The molecule has 0 saturated carbocycles. The van der Waals surface area contributed by atoms with Gasteiger partial charge < -0.3 is 14.5 Å². The zero-order valence-electron chi connectivity index (χ0n) is 17.3. The predicted molar refractivity (Wildman–Crippen MR) is 117 cm³/mol. The summed E-state index contributed by atoms with van der Waals surface area (Å²) in [6.45, 7) is 7.38. The minimum absolute atomic E-state index is 0.335. The first-order chi connectivity index (χ1) is 14.0. The number of ether oxygens (including phenoxy) is 1. The average Bonchev–Trinajstić information content (AvgIpc) is 2.72. The molecule has 1 aromatic heterocycles. The van der Waals surface area contributed by atoms with Crippen LogP contribution in [0.25, 0.3) is 11.0 Å². The molecule has 1 aliphatic heterocycles. The summed E-state index contributed by atoms with van der Waals surface area (Å²) >= 11 is 0. The van der Waals surface area contributed by atoms with Gasteiger partial charge in [0.05, 0.1) is 12.8 Å². The van der Waals surface area contributed by atoms with Crippen molar-refractivity contribution in [2.24, 2.45) is 0 Å². The summed E-state index contributed by atoms with van der Waals surface area (Å²) in [5, 5.41) is 4.45. The molecule has 1 N–H and O–H groups in total. The number of anilines is 1. The van der Waals surface area contributed by atoms with E-state index in [1.807, 2.05) is 6.07 Å². The topological polar surface area (TPSA) is 54.7 Å². The summed E-state index contributed by atoms with van der Waals surface area (Å²) in [4.78, 5) is 14.5. The molecule has 4 rings (SSSR count). The third kappa shape index (κ3) is 4.46. The number of likely N-dealkylation sites (tertiary alicyclic amines) is 1. The number of aryl methyl sites for hydroxylation is 2. The van der Waals surface area contributed by atoms with Gasteiger partial charge in [-0.1, -0.05) is 18.2 Å². The second-order valence-corrected chi connectivity index (χ2v) is 7.95. The molecule has 0 atom stereocenters. The molecule has 0 radical (unpaired) electrons. The van der Waals surface area contributed by atoms with Crippen LogP contribution in [0.5, 0.6) is 5.75 Å². The van der Waals surface area contributed by atoms with Crippen molar-refractivity contribution in [2.45, 2.75) is 39.3 Å². The van der Waals surface area contributed by atoms with Gasteiger partial charge in [0.15, 0.2) is 0 Å². The highest BCUT2D eigenvalue weighted by molar-refractivity contribution is 5.90. The number of hydrogen-bond donors (Lipinski definition) is 1. The zero-order valence-corrected chi connectivity index (χ0v) is 17.3. The van der Waals surface area contributed by atoms with Crippen LogP contribution in [0, 0.1) is 13.8 Å². The second-order valence-electron chi connectivity index (χ2n) is 7.95. The Kier molecular flexibility index (Phi) is 5.58. The van der Waals surface area contributed by atoms with Crippen molar-refractivity contribution >= 4 is 16.7 Å². The lowest BCUT2D eigenvalue weighted by molar-refractivity contribution is 0.211. The van der Waals surface area contributed by atoms with Crippen molar-refractivity contribution in [3.63, 3.8) is 0 Å². The molecule has 5 nitrogen and oxygen atoms in total. The van der Waals surface area contributed by atoms with Crippen LogP contribution >= 0.6 is 0 Å². The average molecular weight is 392 g/mol. The van der Waals surface area contributed by atoms with Gasteiger partial charge in [-0.25, -0.2) is 4.79 Å². The quantitative estimate of drug-likeness (QED) is 0.648. The van der Waals surface area contributed by atoms with Gasteiger partial charge in [-0.15, -0.1) is 0 Å². The highest BCUT2D eigenvalue weighted by Crippen LogP contribution is 2.28. The van der Waals surface area contributed by atoms with Gasteiger partial charge in [0.1, 0.15) is 11.3 Å². The van der Waals surface area contributed by atoms with Gasteiger partial charge in [-0.3, -0.25) is 4.90 Å². The zero-order chi connectivity index (χ0) is 20.4. The lowest BCUT2D eigenvalue weighted by atomic mass is 10.0. The second kappa shape index (κ2) is 8.29. The molecule has 3 aromatic rings. The van der Waals surface area contributed by atoms with Crippen LogP contribution in [0.15, 0.2) is 51.7 Å². The lowest BCUT2D eigenvalue weighted by Crippen LogP contribution is -2.38. The smallest absolute Gasteiger partial charge is 0.338 e. The van der Waals surface area contributed by atoms with E-state index in [1.54, 1.807) is 25.3 Å². The summed E-state index contributed by atoms with van der Waals surface area (Å²) in [6.07, 6.45) is 2.08. The van der Waals surface area contributed by atoms with E-state index in [2.05, 4.69) is 42.3 Å². The van der Waals surface area contributed by atoms with Gasteiger partial charge in [0.2, 0.25) is 0 Å². The summed E-state index contributed by atoms with van der Waals surface area (Å²) in [6, 6.07) is 14.1. The molecule has 2 aromatic carbocycles. The molecule has 0 spiro atoms. The maximum Gasteiger partial charge on any atom is 0.338 e. The minimum Gasteiger partial charge on any atom is -0.497 e. The third-order valence-electron chi connectivity index (χ3n) is 5.87. The molecule has 152 valence electrons. The van der Waals surface area contributed by atoms with Crippen LogP contribution in [0.1, 0.15) is 29.5 Å². The van der Waals surface area contributed by atoms with Crippen molar-refractivity contribution in [2.75, 3.05) is 25.5 Å². The first-order valence-corrected chi connectivity index (χ1v) is 10.2. The Labute approximate surface area is 171 Å². The van der Waals surface area contributed by atoms with Crippen LogP contribution in [0.2, 0.25) is 0 Å². The SMILES string of the molecule is COc1ccc2oc(=O)cc(NC3CCN(Cc4ccc(C)c(C)c4)CC3)c2c1. The van der Waals surface area contributed by atoms with E-state index in [0.29, 0.717) is 11.6 Å². The number of benzene rings is 2. The van der Waals surface area contributed by atoms with E-state index >= 15 is 0 Å². The Morgan fingerprint density at radius 1 is 1.07 bits per heavy atom. The highest BCUT2D eigenvalue weighted by atomic mass is 16.5. The molecular weight excluding hydrogens is 364 g/mol. The van der Waals surface area contributed by atoms with Gasteiger partial charge in [-0.2, -0.15) is 0 Å². The summed E-state index contributed by atoms with van der Waals surface area (Å²) in [5.74, 6) is 0.748. The van der Waals surface area contributed by atoms with E-state index in [1.165, 1.54) is 16.7 Å². The Morgan fingerprint density at radius 3 is 2.59 bits per heavy atom. The number of methoxy groups -OCH3 is 1. The number of nitrogens with one attached hydrogen (secondary N) is 1. The number of fused-ring (bicyclic) bond motifs is 1. The normalized spacial score (nSPS) is 15.6. The fourth-order valence-electron chi connectivity index (χ4n) is 4.00. The van der Waals surface area contributed by atoms with E-state index in [4.69, 9.17) is 9.15 Å². The molecule has 0 unspecified atom stereocenters. The molecule has 0 amide bonds. The summed E-state index contributed by atoms with van der Waals surface area (Å²) < 4.78 is 10.7. The molecular formula is C24H28N2O3. The summed E-state index contributed by atoms with van der Waals surface area (Å²) in [5.41, 5.74) is 5.13. The monoisotopic (exact) mass is 392 g/mol. The first-order valence-electron chi connectivity index (χ1n) is 10.2. The highest BCUT2D eigenvalue weighted by Gasteiger charge is 2.20. The van der Waals surface area contributed by atoms with E-state index in [0.717, 1.165) is 49.3 Å². The molecule has 29 heavy (non-hydrogen) atoms. The number of hydrogen-bond acceptors (Lipinski definition) is 5. The van der Waals surface area contributed by atoms with Gasteiger partial charge in [-0.05, 0) is 61.6 Å². The van der Waals surface area contributed by atoms with E-state index in [9.17, 15) is 4.79 Å². The Hall–Kier alpha value is -2.79. The molecule has 0 bridgehead atoms. The molecule has 1 fully saturated rings. The minimum atomic E-state index is -0.336. The third-order valence-corrected chi connectivity index (χ3v) is 5.87. The Balaban J connectivity index is 1.43. The number of rotatable bonds is 5. The van der Waals surface area contributed by atoms with Crippen LogP contribution in [0.3, 0.4) is 0 Å². The van der Waals surface area contributed by atoms with Crippen molar-refractivity contribution < 1.29 is 9.15 Å². The van der Waals surface area contributed by atoms with Gasteiger partial charge in [0, 0.05) is 37.1 Å². The van der Waals surface area contributed by atoms with E-state index in [-0.39, 0.29) is 5.63 Å². The number of piperidine rings is 1. The summed E-state index contributed by atoms with van der Waals surface area (Å²) in [7, 11) is 1.64. The molecule has 2 heterocycles. The first kappa shape index (κ1) is 19.5. The fraction of sp³-hybridized carbons (Fsp3) is 0.375. The lowest BCUT2D eigenvalue weighted by Gasteiger charge is -2.33. The molecule has 0 aliphatic carbocycles. The molecule has 1 saturated heterocycles. The van der Waals surface area contributed by atoms with Gasteiger partial charge in [0.25, 0.3) is 0 Å². The fourth-order valence-corrected chi connectivity index (χ4v) is 4.00. The van der Waals surface area contributed by atoms with Crippen molar-refractivity contribution in [3.05, 3.63) is 69.6 Å². The Morgan fingerprint density at radius 2 is 1.86 bits per heavy atom.